The minimum atomic E-state index is -0.816. The van der Waals surface area contributed by atoms with E-state index in [1.807, 2.05) is 0 Å². The molecule has 0 spiro atoms. The molecular formula is C33H37F3O3. The number of unbranched alkanes of at least 4 members (excludes halogenated alkanes) is 1. The van der Waals surface area contributed by atoms with Crippen LogP contribution in [0.1, 0.15) is 68.9 Å². The standard InChI is InChI=1S/C33H37F3O3/c1-3-5-19-37-26-13-11-25(12-14-26)29-17-16-28(32(35)33(29)36)24-9-7-23(8-10-24)22-39-27-15-18-31(30(34)21-27)38-20-6-4-2/h4,7-10,15-18,21,25-26H,2-3,5-6,11-14,19-20,22H2,1H3. The predicted molar refractivity (Wildman–Crippen MR) is 149 cm³/mol. The topological polar surface area (TPSA) is 27.7 Å². The van der Waals surface area contributed by atoms with Crippen LogP contribution in [-0.4, -0.2) is 19.3 Å². The summed E-state index contributed by atoms with van der Waals surface area (Å²) in [6, 6.07) is 14.9. The zero-order chi connectivity index (χ0) is 27.6. The molecule has 0 heterocycles. The first-order chi connectivity index (χ1) is 19.0. The number of ether oxygens (including phenoxy) is 3. The van der Waals surface area contributed by atoms with Gasteiger partial charge in [-0.15, -0.1) is 6.58 Å². The van der Waals surface area contributed by atoms with E-state index in [4.69, 9.17) is 14.2 Å². The van der Waals surface area contributed by atoms with Crippen molar-refractivity contribution < 1.29 is 27.4 Å². The van der Waals surface area contributed by atoms with Crippen LogP contribution in [0.5, 0.6) is 11.5 Å². The third-order valence-corrected chi connectivity index (χ3v) is 7.23. The van der Waals surface area contributed by atoms with Crippen molar-refractivity contribution in [3.8, 4) is 22.6 Å². The molecule has 0 amide bonds. The number of halogens is 3. The smallest absolute Gasteiger partial charge is 0.168 e. The molecule has 208 valence electrons. The third kappa shape index (κ3) is 7.66. The molecule has 0 radical (unpaired) electrons. The van der Waals surface area contributed by atoms with E-state index < -0.39 is 17.5 Å². The first kappa shape index (κ1) is 28.8. The lowest BCUT2D eigenvalue weighted by Gasteiger charge is -2.29. The molecule has 1 fully saturated rings. The molecule has 0 aliphatic heterocycles. The van der Waals surface area contributed by atoms with E-state index in [1.165, 1.54) is 12.1 Å². The van der Waals surface area contributed by atoms with Gasteiger partial charge < -0.3 is 14.2 Å². The van der Waals surface area contributed by atoms with Crippen LogP contribution in [0.3, 0.4) is 0 Å². The van der Waals surface area contributed by atoms with E-state index in [1.54, 1.807) is 48.5 Å². The van der Waals surface area contributed by atoms with Crippen molar-refractivity contribution in [2.24, 2.45) is 0 Å². The van der Waals surface area contributed by atoms with Crippen molar-refractivity contribution in [3.05, 3.63) is 95.8 Å². The molecule has 3 aromatic rings. The summed E-state index contributed by atoms with van der Waals surface area (Å²) in [6.07, 6.45) is 8.07. The third-order valence-electron chi connectivity index (χ3n) is 7.23. The van der Waals surface area contributed by atoms with Gasteiger partial charge in [-0.1, -0.05) is 55.8 Å². The van der Waals surface area contributed by atoms with Crippen LogP contribution < -0.4 is 9.47 Å². The first-order valence-electron chi connectivity index (χ1n) is 13.8. The SMILES string of the molecule is C=CCCOc1ccc(OCc2ccc(-c3ccc(C4CCC(OCCCC)CC4)c(F)c3F)cc2)cc1F. The molecule has 0 bridgehead atoms. The maximum absolute atomic E-state index is 15.1. The van der Waals surface area contributed by atoms with E-state index in [9.17, 15) is 4.39 Å². The molecule has 0 atom stereocenters. The zero-order valence-electron chi connectivity index (χ0n) is 22.6. The van der Waals surface area contributed by atoms with Crippen LogP contribution in [0.25, 0.3) is 11.1 Å². The number of hydrogen-bond acceptors (Lipinski definition) is 3. The summed E-state index contributed by atoms with van der Waals surface area (Å²) < 4.78 is 61.5. The van der Waals surface area contributed by atoms with Crippen LogP contribution in [0.2, 0.25) is 0 Å². The minimum Gasteiger partial charge on any atom is -0.490 e. The minimum absolute atomic E-state index is 0.0108. The molecule has 0 aromatic heterocycles. The highest BCUT2D eigenvalue weighted by molar-refractivity contribution is 5.65. The lowest BCUT2D eigenvalue weighted by molar-refractivity contribution is 0.0230. The van der Waals surface area contributed by atoms with Crippen molar-refractivity contribution >= 4 is 0 Å². The Morgan fingerprint density at radius 2 is 1.64 bits per heavy atom. The van der Waals surface area contributed by atoms with Gasteiger partial charge in [0, 0.05) is 18.2 Å². The molecular weight excluding hydrogens is 501 g/mol. The van der Waals surface area contributed by atoms with Gasteiger partial charge in [-0.05, 0) is 73.3 Å². The molecule has 3 nitrogen and oxygen atoms in total. The van der Waals surface area contributed by atoms with Crippen molar-refractivity contribution in [2.45, 2.75) is 70.5 Å². The average molecular weight is 539 g/mol. The second kappa shape index (κ2) is 14.2. The van der Waals surface area contributed by atoms with Crippen LogP contribution in [0.4, 0.5) is 13.2 Å². The van der Waals surface area contributed by atoms with E-state index in [-0.39, 0.29) is 29.9 Å². The normalized spacial score (nSPS) is 17.1. The van der Waals surface area contributed by atoms with E-state index in [0.717, 1.165) is 50.7 Å². The van der Waals surface area contributed by atoms with E-state index >= 15 is 8.78 Å². The summed E-state index contributed by atoms with van der Waals surface area (Å²) >= 11 is 0. The highest BCUT2D eigenvalue weighted by atomic mass is 19.2. The van der Waals surface area contributed by atoms with Gasteiger partial charge in [0.15, 0.2) is 23.2 Å². The fourth-order valence-electron chi connectivity index (χ4n) is 4.93. The first-order valence-corrected chi connectivity index (χ1v) is 13.8. The van der Waals surface area contributed by atoms with Crippen molar-refractivity contribution in [1.29, 1.82) is 0 Å². The Morgan fingerprint density at radius 3 is 2.33 bits per heavy atom. The van der Waals surface area contributed by atoms with Gasteiger partial charge >= 0.3 is 0 Å². The van der Waals surface area contributed by atoms with Crippen LogP contribution in [-0.2, 0) is 11.3 Å². The maximum Gasteiger partial charge on any atom is 0.168 e. The maximum atomic E-state index is 15.1. The molecule has 6 heteroatoms. The Hall–Kier alpha value is -3.25. The number of rotatable bonds is 13. The van der Waals surface area contributed by atoms with Gasteiger partial charge in [0.05, 0.1) is 12.7 Å². The summed E-state index contributed by atoms with van der Waals surface area (Å²) in [5, 5.41) is 0. The Morgan fingerprint density at radius 1 is 0.872 bits per heavy atom. The zero-order valence-corrected chi connectivity index (χ0v) is 22.6. The predicted octanol–water partition coefficient (Wildman–Crippen LogP) is 9.15. The van der Waals surface area contributed by atoms with Gasteiger partial charge in [0.2, 0.25) is 0 Å². The van der Waals surface area contributed by atoms with Crippen LogP contribution in [0.15, 0.2) is 67.3 Å². The molecule has 1 saturated carbocycles. The van der Waals surface area contributed by atoms with Gasteiger partial charge in [-0.3, -0.25) is 0 Å². The van der Waals surface area contributed by atoms with E-state index in [2.05, 4.69) is 13.5 Å². The van der Waals surface area contributed by atoms with Crippen molar-refractivity contribution in [2.75, 3.05) is 13.2 Å². The van der Waals surface area contributed by atoms with Gasteiger partial charge in [0.1, 0.15) is 12.4 Å². The van der Waals surface area contributed by atoms with Crippen LogP contribution >= 0.6 is 0 Å². The Bertz CT molecular complexity index is 1220. The van der Waals surface area contributed by atoms with Crippen molar-refractivity contribution in [3.63, 3.8) is 0 Å². The second-order valence-electron chi connectivity index (χ2n) is 10.0. The number of benzene rings is 3. The van der Waals surface area contributed by atoms with Gasteiger partial charge in [-0.25, -0.2) is 13.2 Å². The summed E-state index contributed by atoms with van der Waals surface area (Å²) in [5.41, 5.74) is 2.09. The summed E-state index contributed by atoms with van der Waals surface area (Å²) in [6.45, 7) is 7.08. The molecule has 39 heavy (non-hydrogen) atoms. The monoisotopic (exact) mass is 538 g/mol. The fraction of sp³-hybridized carbons (Fsp3) is 0.394. The summed E-state index contributed by atoms with van der Waals surface area (Å²) in [5.74, 6) is -1.52. The molecule has 0 unspecified atom stereocenters. The second-order valence-corrected chi connectivity index (χ2v) is 10.0. The lowest BCUT2D eigenvalue weighted by Crippen LogP contribution is -2.22. The summed E-state index contributed by atoms with van der Waals surface area (Å²) in [4.78, 5) is 0. The highest BCUT2D eigenvalue weighted by Crippen LogP contribution is 2.38. The van der Waals surface area contributed by atoms with E-state index in [0.29, 0.717) is 29.9 Å². The molecule has 3 aromatic carbocycles. The lowest BCUT2D eigenvalue weighted by atomic mass is 9.82. The number of hydrogen-bond donors (Lipinski definition) is 0. The Kier molecular flexibility index (Phi) is 10.5. The molecule has 0 saturated heterocycles. The van der Waals surface area contributed by atoms with Gasteiger partial charge in [-0.2, -0.15) is 0 Å². The van der Waals surface area contributed by atoms with Gasteiger partial charge in [0.25, 0.3) is 0 Å². The fourth-order valence-corrected chi connectivity index (χ4v) is 4.93. The molecule has 0 N–H and O–H groups in total. The average Bonchev–Trinajstić information content (AvgIpc) is 2.95. The summed E-state index contributed by atoms with van der Waals surface area (Å²) in [7, 11) is 0. The molecule has 1 aliphatic rings. The Balaban J connectivity index is 1.34. The Labute approximate surface area is 229 Å². The molecule has 4 rings (SSSR count). The quantitative estimate of drug-likeness (QED) is 0.160. The van der Waals surface area contributed by atoms with Crippen molar-refractivity contribution in [1.82, 2.24) is 0 Å². The largest absolute Gasteiger partial charge is 0.490 e. The van der Waals surface area contributed by atoms with Crippen LogP contribution in [0, 0.1) is 17.5 Å². The highest BCUT2D eigenvalue weighted by Gasteiger charge is 2.27. The molecule has 1 aliphatic carbocycles.